The molecular weight excluding hydrogens is 319 g/mol. The fourth-order valence-corrected chi connectivity index (χ4v) is 2.23. The maximum Gasteiger partial charge on any atom is 0.0869 e. The molecular formula is C13H15Cl3N4. The number of nitrogens with one attached hydrogen (secondary N) is 1. The standard InChI is InChI=1S/C13H15Cl3N4/c1-13(2,3)17-6-8-7-18-19-20(8)12-5-10(15)9(14)4-11(12)16/h4-5,7,17H,6H2,1-3H3. The van der Waals surface area contributed by atoms with Crippen molar-refractivity contribution in [3.63, 3.8) is 0 Å². The number of hydrogen-bond donors (Lipinski definition) is 1. The molecule has 108 valence electrons. The number of nitrogens with zero attached hydrogens (tertiary/aromatic N) is 3. The second-order valence-electron chi connectivity index (χ2n) is 5.46. The van der Waals surface area contributed by atoms with Crippen molar-refractivity contribution in [3.8, 4) is 5.69 Å². The number of aromatic nitrogens is 3. The molecule has 0 aliphatic heterocycles. The van der Waals surface area contributed by atoms with Crippen LogP contribution in [0.1, 0.15) is 26.5 Å². The van der Waals surface area contributed by atoms with E-state index in [2.05, 4.69) is 36.4 Å². The fourth-order valence-electron chi connectivity index (χ4n) is 1.61. The van der Waals surface area contributed by atoms with E-state index < -0.39 is 0 Å². The first-order valence-electron chi connectivity index (χ1n) is 6.07. The molecule has 1 heterocycles. The molecule has 2 rings (SSSR count). The molecule has 0 saturated carbocycles. The van der Waals surface area contributed by atoms with Crippen molar-refractivity contribution in [2.24, 2.45) is 0 Å². The van der Waals surface area contributed by atoms with E-state index in [1.807, 2.05) is 0 Å². The molecule has 1 aromatic carbocycles. The van der Waals surface area contributed by atoms with Crippen LogP contribution in [-0.4, -0.2) is 20.5 Å². The van der Waals surface area contributed by atoms with Gasteiger partial charge in [-0.1, -0.05) is 40.0 Å². The summed E-state index contributed by atoms with van der Waals surface area (Å²) in [6.07, 6.45) is 1.69. The molecule has 2 aromatic rings. The summed E-state index contributed by atoms with van der Waals surface area (Å²) in [5.74, 6) is 0. The van der Waals surface area contributed by atoms with Gasteiger partial charge in [0.2, 0.25) is 0 Å². The molecule has 0 fully saturated rings. The molecule has 1 aromatic heterocycles. The first kappa shape index (κ1) is 15.6. The molecule has 0 spiro atoms. The van der Waals surface area contributed by atoms with Gasteiger partial charge in [-0.3, -0.25) is 0 Å². The average Bonchev–Trinajstić information content (AvgIpc) is 2.78. The third-order valence-corrected chi connectivity index (χ3v) is 3.66. The van der Waals surface area contributed by atoms with Crippen molar-refractivity contribution in [2.45, 2.75) is 32.9 Å². The Morgan fingerprint density at radius 1 is 1.10 bits per heavy atom. The van der Waals surface area contributed by atoms with Crippen LogP contribution in [0.3, 0.4) is 0 Å². The molecule has 0 unspecified atom stereocenters. The molecule has 1 N–H and O–H groups in total. The summed E-state index contributed by atoms with van der Waals surface area (Å²) in [6, 6.07) is 3.28. The van der Waals surface area contributed by atoms with Gasteiger partial charge in [0.15, 0.2) is 0 Å². The highest BCUT2D eigenvalue weighted by atomic mass is 35.5. The van der Waals surface area contributed by atoms with Crippen LogP contribution < -0.4 is 5.32 Å². The molecule has 0 amide bonds. The molecule has 0 aliphatic carbocycles. The van der Waals surface area contributed by atoms with Crippen LogP contribution in [0.15, 0.2) is 18.3 Å². The van der Waals surface area contributed by atoms with Crippen molar-refractivity contribution in [1.82, 2.24) is 20.3 Å². The summed E-state index contributed by atoms with van der Waals surface area (Å²) in [6.45, 7) is 6.89. The second kappa shape index (κ2) is 5.90. The Bertz CT molecular complexity index is 617. The Labute approximate surface area is 133 Å². The van der Waals surface area contributed by atoms with Crippen LogP contribution in [0.2, 0.25) is 15.1 Å². The van der Waals surface area contributed by atoms with Crippen molar-refractivity contribution >= 4 is 34.8 Å². The lowest BCUT2D eigenvalue weighted by atomic mass is 10.1. The summed E-state index contributed by atoms with van der Waals surface area (Å²) < 4.78 is 1.66. The van der Waals surface area contributed by atoms with Crippen molar-refractivity contribution < 1.29 is 0 Å². The van der Waals surface area contributed by atoms with Crippen LogP contribution in [0.5, 0.6) is 0 Å². The normalized spacial score (nSPS) is 11.9. The predicted molar refractivity (Wildman–Crippen MR) is 83.0 cm³/mol. The zero-order valence-corrected chi connectivity index (χ0v) is 13.7. The summed E-state index contributed by atoms with van der Waals surface area (Å²) >= 11 is 18.2. The Kier molecular flexibility index (Phi) is 4.59. The predicted octanol–water partition coefficient (Wildman–Crippen LogP) is 4.12. The number of rotatable bonds is 3. The summed E-state index contributed by atoms with van der Waals surface area (Å²) in [7, 11) is 0. The van der Waals surface area contributed by atoms with E-state index >= 15 is 0 Å². The lowest BCUT2D eigenvalue weighted by molar-refractivity contribution is 0.418. The quantitative estimate of drug-likeness (QED) is 0.859. The summed E-state index contributed by atoms with van der Waals surface area (Å²) in [5.41, 5.74) is 1.54. The minimum Gasteiger partial charge on any atom is -0.306 e. The Morgan fingerprint density at radius 2 is 1.75 bits per heavy atom. The maximum atomic E-state index is 6.20. The Balaban J connectivity index is 2.35. The molecule has 0 aliphatic rings. The molecule has 0 atom stereocenters. The minimum atomic E-state index is -0.00344. The van der Waals surface area contributed by atoms with Gasteiger partial charge < -0.3 is 5.32 Å². The van der Waals surface area contributed by atoms with Crippen molar-refractivity contribution in [2.75, 3.05) is 0 Å². The Hall–Kier alpha value is -0.810. The van der Waals surface area contributed by atoms with E-state index in [0.717, 1.165) is 5.69 Å². The van der Waals surface area contributed by atoms with E-state index in [4.69, 9.17) is 34.8 Å². The third-order valence-electron chi connectivity index (χ3n) is 2.64. The van der Waals surface area contributed by atoms with Gasteiger partial charge in [0.1, 0.15) is 0 Å². The van der Waals surface area contributed by atoms with Gasteiger partial charge in [-0.05, 0) is 32.9 Å². The molecule has 20 heavy (non-hydrogen) atoms. The molecule has 0 bridgehead atoms. The number of benzene rings is 1. The average molecular weight is 334 g/mol. The molecule has 7 heteroatoms. The highest BCUT2D eigenvalue weighted by Crippen LogP contribution is 2.31. The van der Waals surface area contributed by atoms with Crippen LogP contribution >= 0.6 is 34.8 Å². The van der Waals surface area contributed by atoms with Crippen LogP contribution in [-0.2, 0) is 6.54 Å². The molecule has 4 nitrogen and oxygen atoms in total. The smallest absolute Gasteiger partial charge is 0.0869 e. The van der Waals surface area contributed by atoms with Gasteiger partial charge in [0.05, 0.1) is 32.6 Å². The Morgan fingerprint density at radius 3 is 2.40 bits per heavy atom. The van der Waals surface area contributed by atoms with E-state index in [1.165, 1.54) is 0 Å². The third kappa shape index (κ3) is 3.64. The zero-order chi connectivity index (χ0) is 14.9. The van der Waals surface area contributed by atoms with Crippen molar-refractivity contribution in [3.05, 3.63) is 39.1 Å². The first-order valence-corrected chi connectivity index (χ1v) is 7.21. The highest BCUT2D eigenvalue weighted by Gasteiger charge is 2.15. The van der Waals surface area contributed by atoms with Gasteiger partial charge in [-0.25, -0.2) is 4.68 Å². The van der Waals surface area contributed by atoms with Gasteiger partial charge >= 0.3 is 0 Å². The zero-order valence-electron chi connectivity index (χ0n) is 11.4. The minimum absolute atomic E-state index is 0.00344. The number of hydrogen-bond acceptors (Lipinski definition) is 3. The lowest BCUT2D eigenvalue weighted by Gasteiger charge is -2.20. The summed E-state index contributed by atoms with van der Waals surface area (Å²) in [5, 5.41) is 12.7. The van der Waals surface area contributed by atoms with E-state index in [0.29, 0.717) is 27.3 Å². The summed E-state index contributed by atoms with van der Waals surface area (Å²) in [4.78, 5) is 0. The van der Waals surface area contributed by atoms with Crippen LogP contribution in [0.4, 0.5) is 0 Å². The largest absolute Gasteiger partial charge is 0.306 e. The van der Waals surface area contributed by atoms with Gasteiger partial charge in [-0.2, -0.15) is 0 Å². The topological polar surface area (TPSA) is 42.7 Å². The molecule has 0 radical (unpaired) electrons. The van der Waals surface area contributed by atoms with E-state index in [-0.39, 0.29) is 5.54 Å². The van der Waals surface area contributed by atoms with Gasteiger partial charge in [0, 0.05) is 12.1 Å². The van der Waals surface area contributed by atoms with Crippen molar-refractivity contribution in [1.29, 1.82) is 0 Å². The second-order valence-corrected chi connectivity index (χ2v) is 6.68. The van der Waals surface area contributed by atoms with Gasteiger partial charge in [0.25, 0.3) is 0 Å². The highest BCUT2D eigenvalue weighted by molar-refractivity contribution is 6.43. The van der Waals surface area contributed by atoms with Crippen LogP contribution in [0, 0.1) is 0 Å². The first-order chi connectivity index (χ1) is 9.28. The number of halogens is 3. The lowest BCUT2D eigenvalue weighted by Crippen LogP contribution is -2.35. The maximum absolute atomic E-state index is 6.20. The van der Waals surface area contributed by atoms with Gasteiger partial charge in [-0.15, -0.1) is 5.10 Å². The SMILES string of the molecule is CC(C)(C)NCc1cnnn1-c1cc(Cl)c(Cl)cc1Cl. The monoisotopic (exact) mass is 332 g/mol. The van der Waals surface area contributed by atoms with E-state index in [9.17, 15) is 0 Å². The molecule has 0 saturated heterocycles. The van der Waals surface area contributed by atoms with Crippen LogP contribution in [0.25, 0.3) is 5.69 Å². The fraction of sp³-hybridized carbons (Fsp3) is 0.385. The van der Waals surface area contributed by atoms with E-state index in [1.54, 1.807) is 23.0 Å².